The van der Waals surface area contributed by atoms with Crippen LogP contribution in [0.5, 0.6) is 0 Å². The van der Waals surface area contributed by atoms with Gasteiger partial charge in [-0.3, -0.25) is 9.59 Å². The van der Waals surface area contributed by atoms with Crippen molar-refractivity contribution in [2.45, 2.75) is 65.7 Å². The Morgan fingerprint density at radius 1 is 0.897 bits per heavy atom. The summed E-state index contributed by atoms with van der Waals surface area (Å²) < 4.78 is 0. The van der Waals surface area contributed by atoms with Gasteiger partial charge in [0.2, 0.25) is 5.91 Å². The van der Waals surface area contributed by atoms with Crippen LogP contribution in [0.2, 0.25) is 0 Å². The summed E-state index contributed by atoms with van der Waals surface area (Å²) >= 11 is 0. The van der Waals surface area contributed by atoms with Gasteiger partial charge in [0, 0.05) is 45.7 Å². The molecule has 1 aromatic heterocycles. The van der Waals surface area contributed by atoms with Crippen LogP contribution < -0.4 is 0 Å². The third kappa shape index (κ3) is 6.03. The van der Waals surface area contributed by atoms with Gasteiger partial charge in [0.15, 0.2) is 0 Å². The fourth-order valence-corrected chi connectivity index (χ4v) is 7.10. The largest absolute Gasteiger partial charge is 0.343 e. The lowest BCUT2D eigenvalue weighted by atomic mass is 9.70. The van der Waals surface area contributed by atoms with Crippen LogP contribution in [-0.4, -0.2) is 82.3 Å². The Bertz CT molecular complexity index is 1150. The summed E-state index contributed by atoms with van der Waals surface area (Å²) in [5.74, 6) is 1.44. The molecular weight excluding hydrogens is 486 g/mol. The Balaban J connectivity index is 1.19. The van der Waals surface area contributed by atoms with E-state index >= 15 is 0 Å². The number of amides is 2. The Hall–Kier alpha value is -2.80. The van der Waals surface area contributed by atoms with Crippen LogP contribution >= 0.6 is 0 Å². The minimum atomic E-state index is 0.0194. The van der Waals surface area contributed by atoms with E-state index in [1.807, 2.05) is 18.7 Å². The molecule has 7 heteroatoms. The molecule has 0 spiro atoms. The highest BCUT2D eigenvalue weighted by atomic mass is 16.2. The molecule has 2 aromatic rings. The molecule has 3 aliphatic rings. The van der Waals surface area contributed by atoms with Gasteiger partial charge < -0.3 is 14.7 Å². The van der Waals surface area contributed by atoms with Crippen molar-refractivity contribution in [1.29, 1.82) is 0 Å². The molecule has 2 unspecified atom stereocenters. The van der Waals surface area contributed by atoms with Crippen LogP contribution in [0.15, 0.2) is 36.7 Å². The summed E-state index contributed by atoms with van der Waals surface area (Å²) in [5.41, 5.74) is 3.76. The summed E-state index contributed by atoms with van der Waals surface area (Å²) in [7, 11) is 0. The van der Waals surface area contributed by atoms with Gasteiger partial charge in [-0.1, -0.05) is 51.1 Å². The molecule has 2 amide bonds. The fraction of sp³-hybridized carbons (Fsp3) is 0.625. The quantitative estimate of drug-likeness (QED) is 0.550. The number of nitrogens with zero attached hydrogens (tertiary/aromatic N) is 5. The second-order valence-corrected chi connectivity index (χ2v) is 13.4. The van der Waals surface area contributed by atoms with Gasteiger partial charge in [0.25, 0.3) is 5.91 Å². The summed E-state index contributed by atoms with van der Waals surface area (Å²) in [6.45, 7) is 16.7. The standard InChI is InChI=1S/C32H45N5O2/c1-23-29(24(2)34-22-33-23)30(39)37-20-25-18-35(19-26(25)21-37)14-11-32(27-9-7-6-8-10-27)12-15-36(16-13-32)28(38)17-31(3,4)5/h6-10,22,25-26H,11-21H2,1-5H3. The van der Waals surface area contributed by atoms with Crippen LogP contribution in [-0.2, 0) is 10.2 Å². The SMILES string of the molecule is Cc1ncnc(C)c1C(=O)N1CC2CN(CCC3(c4ccccc4)CCN(C(=O)CC(C)(C)C)CC3)CC2C1. The molecule has 3 saturated heterocycles. The van der Waals surface area contributed by atoms with Crippen molar-refractivity contribution < 1.29 is 9.59 Å². The van der Waals surface area contributed by atoms with Gasteiger partial charge in [-0.05, 0) is 67.9 Å². The minimum absolute atomic E-state index is 0.0194. The first kappa shape index (κ1) is 27.8. The van der Waals surface area contributed by atoms with E-state index in [4.69, 9.17) is 0 Å². The molecule has 0 N–H and O–H groups in total. The average molecular weight is 532 g/mol. The maximum absolute atomic E-state index is 13.3. The highest BCUT2D eigenvalue weighted by Gasteiger charge is 2.44. The van der Waals surface area contributed by atoms with Gasteiger partial charge in [-0.25, -0.2) is 9.97 Å². The number of hydrogen-bond acceptors (Lipinski definition) is 5. The van der Waals surface area contributed by atoms with E-state index < -0.39 is 0 Å². The highest BCUT2D eigenvalue weighted by molar-refractivity contribution is 5.96. The molecule has 3 aliphatic heterocycles. The topological polar surface area (TPSA) is 69.6 Å². The number of carbonyl (C=O) groups excluding carboxylic acids is 2. The van der Waals surface area contributed by atoms with Crippen LogP contribution in [0, 0.1) is 31.1 Å². The summed E-state index contributed by atoms with van der Waals surface area (Å²) in [6.07, 6.45) is 5.30. The molecule has 5 rings (SSSR count). The van der Waals surface area contributed by atoms with Crippen molar-refractivity contribution in [3.8, 4) is 0 Å². The average Bonchev–Trinajstić information content (AvgIpc) is 3.46. The summed E-state index contributed by atoms with van der Waals surface area (Å²) in [5, 5.41) is 0. The van der Waals surface area contributed by atoms with E-state index in [2.05, 4.69) is 70.9 Å². The number of hydrogen-bond donors (Lipinski definition) is 0. The van der Waals surface area contributed by atoms with Crippen molar-refractivity contribution in [3.63, 3.8) is 0 Å². The molecule has 39 heavy (non-hydrogen) atoms. The number of piperidine rings is 1. The molecule has 7 nitrogen and oxygen atoms in total. The van der Waals surface area contributed by atoms with Crippen LogP contribution in [0.1, 0.15) is 73.8 Å². The van der Waals surface area contributed by atoms with Gasteiger partial charge in [0.1, 0.15) is 6.33 Å². The summed E-state index contributed by atoms with van der Waals surface area (Å²) in [6, 6.07) is 11.0. The van der Waals surface area contributed by atoms with Crippen molar-refractivity contribution in [3.05, 3.63) is 59.2 Å². The predicted octanol–water partition coefficient (Wildman–Crippen LogP) is 4.48. The van der Waals surface area contributed by atoms with Crippen LogP contribution in [0.25, 0.3) is 0 Å². The zero-order valence-corrected chi connectivity index (χ0v) is 24.4. The lowest BCUT2D eigenvalue weighted by molar-refractivity contribution is -0.134. The Morgan fingerprint density at radius 2 is 1.49 bits per heavy atom. The van der Waals surface area contributed by atoms with E-state index in [9.17, 15) is 9.59 Å². The molecule has 1 aromatic carbocycles. The number of aromatic nitrogens is 2. The molecule has 210 valence electrons. The third-order valence-electron chi connectivity index (χ3n) is 9.34. The van der Waals surface area contributed by atoms with E-state index in [1.54, 1.807) is 0 Å². The number of rotatable bonds is 6. The lowest BCUT2D eigenvalue weighted by Crippen LogP contribution is -2.47. The first-order valence-corrected chi connectivity index (χ1v) is 14.7. The van der Waals surface area contributed by atoms with Gasteiger partial charge in [-0.2, -0.15) is 0 Å². The Kier molecular flexibility index (Phi) is 7.82. The number of aryl methyl sites for hydroxylation is 2. The van der Waals surface area contributed by atoms with Gasteiger partial charge in [-0.15, -0.1) is 0 Å². The fourth-order valence-electron chi connectivity index (χ4n) is 7.10. The van der Waals surface area contributed by atoms with Crippen molar-refractivity contribution in [1.82, 2.24) is 24.7 Å². The van der Waals surface area contributed by atoms with E-state index in [0.717, 1.165) is 76.5 Å². The Morgan fingerprint density at radius 3 is 2.05 bits per heavy atom. The third-order valence-corrected chi connectivity index (χ3v) is 9.34. The highest BCUT2D eigenvalue weighted by Crippen LogP contribution is 2.40. The predicted molar refractivity (Wildman–Crippen MR) is 153 cm³/mol. The maximum Gasteiger partial charge on any atom is 0.257 e. The molecule has 0 bridgehead atoms. The first-order valence-electron chi connectivity index (χ1n) is 14.7. The molecule has 0 saturated carbocycles. The molecule has 0 radical (unpaired) electrons. The number of benzene rings is 1. The first-order chi connectivity index (χ1) is 18.5. The van der Waals surface area contributed by atoms with Crippen molar-refractivity contribution in [2.75, 3.05) is 45.8 Å². The van der Waals surface area contributed by atoms with Crippen molar-refractivity contribution in [2.24, 2.45) is 17.3 Å². The molecule has 4 heterocycles. The zero-order valence-electron chi connectivity index (χ0n) is 24.4. The van der Waals surface area contributed by atoms with Gasteiger partial charge in [0.05, 0.1) is 17.0 Å². The monoisotopic (exact) mass is 531 g/mol. The second kappa shape index (κ2) is 11.0. The maximum atomic E-state index is 13.3. The Labute approximate surface area is 234 Å². The second-order valence-electron chi connectivity index (χ2n) is 13.4. The van der Waals surface area contributed by atoms with Crippen LogP contribution in [0.4, 0.5) is 0 Å². The summed E-state index contributed by atoms with van der Waals surface area (Å²) in [4.78, 5) is 41.5. The molecule has 3 fully saturated rings. The van der Waals surface area contributed by atoms with Crippen LogP contribution in [0.3, 0.4) is 0 Å². The molecule has 2 atom stereocenters. The van der Waals surface area contributed by atoms with E-state index in [1.165, 1.54) is 11.9 Å². The van der Waals surface area contributed by atoms with E-state index in [0.29, 0.717) is 29.7 Å². The smallest absolute Gasteiger partial charge is 0.257 e. The molecular formula is C32H45N5O2. The molecule has 0 aliphatic carbocycles. The van der Waals surface area contributed by atoms with E-state index in [-0.39, 0.29) is 16.7 Å². The number of likely N-dealkylation sites (tertiary alicyclic amines) is 3. The minimum Gasteiger partial charge on any atom is -0.343 e. The van der Waals surface area contributed by atoms with Gasteiger partial charge >= 0.3 is 0 Å². The normalized spacial score (nSPS) is 23.2. The van der Waals surface area contributed by atoms with Crippen molar-refractivity contribution >= 4 is 11.8 Å². The zero-order chi connectivity index (χ0) is 27.8. The number of fused-ring (bicyclic) bond motifs is 1. The number of carbonyl (C=O) groups is 2. The lowest BCUT2D eigenvalue weighted by Gasteiger charge is -2.43.